The van der Waals surface area contributed by atoms with Gasteiger partial charge in [-0.1, -0.05) is 48.5 Å². The molecular formula is C17H13N3. The van der Waals surface area contributed by atoms with E-state index >= 15 is 0 Å². The molecule has 3 nitrogen and oxygen atoms in total. The third-order valence-corrected chi connectivity index (χ3v) is 3.56. The lowest BCUT2D eigenvalue weighted by atomic mass is 10.2. The maximum absolute atomic E-state index is 4.30. The minimum absolute atomic E-state index is 0.847. The van der Waals surface area contributed by atoms with E-state index in [1.54, 1.807) is 0 Å². The van der Waals surface area contributed by atoms with E-state index in [-0.39, 0.29) is 0 Å². The van der Waals surface area contributed by atoms with Crippen LogP contribution in [0.25, 0.3) is 21.9 Å². The molecule has 0 saturated carbocycles. The fourth-order valence-electron chi connectivity index (χ4n) is 2.62. The van der Waals surface area contributed by atoms with Gasteiger partial charge in [-0.05, 0) is 17.7 Å². The first-order valence-corrected chi connectivity index (χ1v) is 6.66. The van der Waals surface area contributed by atoms with Gasteiger partial charge in [0.1, 0.15) is 5.52 Å². The van der Waals surface area contributed by atoms with Gasteiger partial charge in [0.2, 0.25) is 0 Å². The second-order valence-corrected chi connectivity index (χ2v) is 4.88. The molecule has 96 valence electrons. The summed E-state index contributed by atoms with van der Waals surface area (Å²) in [5.41, 5.74) is 4.32. The fraction of sp³-hybridized carbons (Fsp3) is 0.0588. The van der Waals surface area contributed by atoms with Crippen LogP contribution >= 0.6 is 0 Å². The molecule has 0 bridgehead atoms. The lowest BCUT2D eigenvalue weighted by Gasteiger charge is -2.07. The summed E-state index contributed by atoms with van der Waals surface area (Å²) in [7, 11) is 0. The molecule has 2 aromatic carbocycles. The number of hydrogen-bond donors (Lipinski definition) is 0. The van der Waals surface area contributed by atoms with Crippen LogP contribution in [0.2, 0.25) is 0 Å². The number of aromatic nitrogens is 3. The summed E-state index contributed by atoms with van der Waals surface area (Å²) in [6, 6.07) is 20.6. The predicted molar refractivity (Wildman–Crippen MR) is 80.6 cm³/mol. The molecule has 0 radical (unpaired) electrons. The van der Waals surface area contributed by atoms with E-state index in [9.17, 15) is 0 Å². The van der Waals surface area contributed by atoms with Crippen LogP contribution in [0, 0.1) is 0 Å². The van der Waals surface area contributed by atoms with Crippen molar-refractivity contribution in [1.29, 1.82) is 0 Å². The lowest BCUT2D eigenvalue weighted by molar-refractivity contribution is 0.838. The van der Waals surface area contributed by atoms with E-state index in [1.807, 2.05) is 30.3 Å². The zero-order chi connectivity index (χ0) is 13.4. The van der Waals surface area contributed by atoms with Gasteiger partial charge in [0, 0.05) is 18.1 Å². The van der Waals surface area contributed by atoms with Crippen molar-refractivity contribution in [3.8, 4) is 0 Å². The molecule has 0 amide bonds. The van der Waals surface area contributed by atoms with Crippen LogP contribution in [0.15, 0.2) is 66.9 Å². The van der Waals surface area contributed by atoms with Crippen LogP contribution < -0.4 is 0 Å². The molecule has 0 atom stereocenters. The molecule has 0 fully saturated rings. The second-order valence-electron chi connectivity index (χ2n) is 4.88. The summed E-state index contributed by atoms with van der Waals surface area (Å²) in [5, 5.41) is 9.72. The summed E-state index contributed by atoms with van der Waals surface area (Å²) in [5.74, 6) is 0. The quantitative estimate of drug-likeness (QED) is 0.550. The van der Waals surface area contributed by atoms with Crippen LogP contribution in [0.4, 0.5) is 0 Å². The van der Waals surface area contributed by atoms with Gasteiger partial charge in [-0.15, -0.1) is 10.2 Å². The zero-order valence-electron chi connectivity index (χ0n) is 10.9. The predicted octanol–water partition coefficient (Wildman–Crippen LogP) is 3.63. The van der Waals surface area contributed by atoms with Crippen molar-refractivity contribution in [3.05, 3.63) is 72.4 Å². The molecule has 4 rings (SSSR count). The molecule has 2 heterocycles. The molecule has 0 N–H and O–H groups in total. The molecular weight excluding hydrogens is 246 g/mol. The monoisotopic (exact) mass is 259 g/mol. The number of benzene rings is 2. The Morgan fingerprint density at radius 1 is 0.750 bits per heavy atom. The highest BCUT2D eigenvalue weighted by Gasteiger charge is 2.08. The average molecular weight is 259 g/mol. The maximum atomic E-state index is 4.30. The molecule has 4 aromatic rings. The van der Waals surface area contributed by atoms with Crippen LogP contribution in [-0.4, -0.2) is 14.8 Å². The van der Waals surface area contributed by atoms with E-state index in [2.05, 4.69) is 51.3 Å². The first-order chi connectivity index (χ1) is 9.92. The maximum Gasteiger partial charge on any atom is 0.111 e. The van der Waals surface area contributed by atoms with Gasteiger partial charge < -0.3 is 4.57 Å². The molecule has 0 aliphatic heterocycles. The van der Waals surface area contributed by atoms with E-state index in [1.165, 1.54) is 5.56 Å². The van der Waals surface area contributed by atoms with Crippen molar-refractivity contribution in [1.82, 2.24) is 14.8 Å². The van der Waals surface area contributed by atoms with E-state index in [0.29, 0.717) is 0 Å². The molecule has 2 aromatic heterocycles. The highest BCUT2D eigenvalue weighted by atomic mass is 15.1. The third kappa shape index (κ3) is 1.75. The van der Waals surface area contributed by atoms with Crippen molar-refractivity contribution in [2.45, 2.75) is 6.54 Å². The van der Waals surface area contributed by atoms with Crippen molar-refractivity contribution >= 4 is 21.9 Å². The van der Waals surface area contributed by atoms with Gasteiger partial charge in [0.15, 0.2) is 0 Å². The summed E-state index contributed by atoms with van der Waals surface area (Å²) in [4.78, 5) is 0. The van der Waals surface area contributed by atoms with Crippen LogP contribution in [0.3, 0.4) is 0 Å². The Bertz CT molecular complexity index is 878. The molecule has 0 saturated heterocycles. The summed E-state index contributed by atoms with van der Waals surface area (Å²) in [6.07, 6.45) is 2.08. The normalized spacial score (nSPS) is 11.2. The Morgan fingerprint density at radius 3 is 2.40 bits per heavy atom. The number of fused-ring (bicyclic) bond motifs is 3. The summed E-state index contributed by atoms with van der Waals surface area (Å²) in [6.45, 7) is 0.847. The van der Waals surface area contributed by atoms with Gasteiger partial charge in [0.25, 0.3) is 0 Å². The highest BCUT2D eigenvalue weighted by molar-refractivity contribution is 6.01. The molecule has 0 aliphatic rings. The molecule has 3 heteroatoms. The summed E-state index contributed by atoms with van der Waals surface area (Å²) < 4.78 is 2.24. The molecule has 0 unspecified atom stereocenters. The lowest BCUT2D eigenvalue weighted by Crippen LogP contribution is -1.99. The van der Waals surface area contributed by atoms with Gasteiger partial charge in [-0.25, -0.2) is 0 Å². The number of nitrogens with zero attached hydrogens (tertiary/aromatic N) is 3. The second kappa shape index (κ2) is 4.46. The molecule has 0 aliphatic carbocycles. The first-order valence-electron chi connectivity index (χ1n) is 6.66. The summed E-state index contributed by atoms with van der Waals surface area (Å²) >= 11 is 0. The highest BCUT2D eigenvalue weighted by Crippen LogP contribution is 2.23. The van der Waals surface area contributed by atoms with Crippen LogP contribution in [-0.2, 0) is 6.54 Å². The fourth-order valence-corrected chi connectivity index (χ4v) is 2.62. The minimum Gasteiger partial charge on any atom is -0.341 e. The van der Waals surface area contributed by atoms with Gasteiger partial charge in [-0.3, -0.25) is 0 Å². The number of hydrogen-bond acceptors (Lipinski definition) is 2. The van der Waals surface area contributed by atoms with Crippen molar-refractivity contribution < 1.29 is 0 Å². The molecule has 20 heavy (non-hydrogen) atoms. The van der Waals surface area contributed by atoms with Crippen LogP contribution in [0.5, 0.6) is 0 Å². The Hall–Kier alpha value is -2.68. The smallest absolute Gasteiger partial charge is 0.111 e. The largest absolute Gasteiger partial charge is 0.341 e. The van der Waals surface area contributed by atoms with E-state index < -0.39 is 0 Å². The van der Waals surface area contributed by atoms with Gasteiger partial charge in [0.05, 0.1) is 11.0 Å². The SMILES string of the molecule is c1ccc(Cn2ccc3nnc4ccccc4c32)cc1. The van der Waals surface area contributed by atoms with E-state index in [0.717, 1.165) is 28.5 Å². The minimum atomic E-state index is 0.847. The Morgan fingerprint density at radius 2 is 1.50 bits per heavy atom. The Labute approximate surface area is 116 Å². The zero-order valence-corrected chi connectivity index (χ0v) is 10.9. The van der Waals surface area contributed by atoms with E-state index in [4.69, 9.17) is 0 Å². The molecule has 0 spiro atoms. The topological polar surface area (TPSA) is 30.7 Å². The van der Waals surface area contributed by atoms with Crippen molar-refractivity contribution in [2.75, 3.05) is 0 Å². The first kappa shape index (κ1) is 11.2. The van der Waals surface area contributed by atoms with Crippen molar-refractivity contribution in [3.63, 3.8) is 0 Å². The Balaban J connectivity index is 1.94. The third-order valence-electron chi connectivity index (χ3n) is 3.56. The van der Waals surface area contributed by atoms with Gasteiger partial charge in [-0.2, -0.15) is 0 Å². The number of rotatable bonds is 2. The Kier molecular flexibility index (Phi) is 2.49. The van der Waals surface area contributed by atoms with Gasteiger partial charge >= 0.3 is 0 Å². The average Bonchev–Trinajstić information content (AvgIpc) is 2.92. The standard InChI is InChI=1S/C17H13N3/c1-2-6-13(7-3-1)12-20-11-10-16-17(20)14-8-4-5-9-15(14)18-19-16/h1-11H,12H2. The van der Waals surface area contributed by atoms with Crippen LogP contribution in [0.1, 0.15) is 5.56 Å². The van der Waals surface area contributed by atoms with Crippen molar-refractivity contribution in [2.24, 2.45) is 0 Å².